The molecule has 1 aliphatic rings. The molecule has 0 bridgehead atoms. The van der Waals surface area contributed by atoms with Crippen LogP contribution in [0.5, 0.6) is 0 Å². The van der Waals surface area contributed by atoms with Crippen LogP contribution in [-0.2, 0) is 17.1 Å². The molecule has 0 spiro atoms. The van der Waals surface area contributed by atoms with Gasteiger partial charge in [-0.15, -0.1) is 0 Å². The van der Waals surface area contributed by atoms with E-state index in [9.17, 15) is 13.2 Å². The highest BCUT2D eigenvalue weighted by Gasteiger charge is 2.32. The fourth-order valence-corrected chi connectivity index (χ4v) is 3.86. The molecule has 20 heavy (non-hydrogen) atoms. The second-order valence-corrected chi connectivity index (χ2v) is 7.22. The maximum atomic E-state index is 12.6. The first-order valence-electron chi connectivity index (χ1n) is 6.76. The lowest BCUT2D eigenvalue weighted by Crippen LogP contribution is -2.33. The van der Waals surface area contributed by atoms with Crippen LogP contribution in [-0.4, -0.2) is 41.5 Å². The van der Waals surface area contributed by atoms with Gasteiger partial charge in [0.25, 0.3) is 0 Å². The summed E-state index contributed by atoms with van der Waals surface area (Å²) in [7, 11) is -2.07. The summed E-state index contributed by atoms with van der Waals surface area (Å²) in [6.07, 6.45) is 4.26. The first-order chi connectivity index (χ1) is 9.36. The molecule has 1 N–H and O–H groups in total. The van der Waals surface area contributed by atoms with Crippen molar-refractivity contribution >= 4 is 16.0 Å². The lowest BCUT2D eigenvalue weighted by atomic mass is 10.4. The zero-order valence-electron chi connectivity index (χ0n) is 11.7. The van der Waals surface area contributed by atoms with Crippen molar-refractivity contribution in [3.63, 3.8) is 0 Å². The van der Waals surface area contributed by atoms with Gasteiger partial charge in [0, 0.05) is 26.3 Å². The summed E-state index contributed by atoms with van der Waals surface area (Å²) in [5, 5.41) is 9.01. The fraction of sp³-hybridized carbons (Fsp3) is 0.615. The average Bonchev–Trinajstić information content (AvgIpc) is 3.08. The van der Waals surface area contributed by atoms with Crippen LogP contribution in [0.15, 0.2) is 17.2 Å². The van der Waals surface area contributed by atoms with E-state index in [1.165, 1.54) is 28.2 Å². The first-order valence-corrected chi connectivity index (χ1v) is 8.20. The summed E-state index contributed by atoms with van der Waals surface area (Å²) in [5.74, 6) is -0.669. The van der Waals surface area contributed by atoms with Gasteiger partial charge in [0.1, 0.15) is 10.6 Å². The molecule has 0 unspecified atom stereocenters. The highest BCUT2D eigenvalue weighted by atomic mass is 32.2. The summed E-state index contributed by atoms with van der Waals surface area (Å²) in [6.45, 7) is 2.94. The molecule has 1 saturated carbocycles. The minimum atomic E-state index is -3.60. The summed E-state index contributed by atoms with van der Waals surface area (Å²) < 4.78 is 28.0. The molecule has 0 amide bonds. The van der Waals surface area contributed by atoms with Crippen molar-refractivity contribution in [2.24, 2.45) is 13.0 Å². The highest BCUT2D eigenvalue weighted by molar-refractivity contribution is 7.89. The lowest BCUT2D eigenvalue weighted by molar-refractivity contribution is 0.0686. The highest BCUT2D eigenvalue weighted by Crippen LogP contribution is 2.32. The molecule has 0 aliphatic heterocycles. The second kappa shape index (κ2) is 5.57. The Morgan fingerprint density at radius 1 is 1.50 bits per heavy atom. The molecular formula is C13H20N2O4S. The van der Waals surface area contributed by atoms with Crippen molar-refractivity contribution in [3.8, 4) is 0 Å². The van der Waals surface area contributed by atoms with Crippen LogP contribution < -0.4 is 0 Å². The van der Waals surface area contributed by atoms with Gasteiger partial charge in [-0.25, -0.2) is 13.2 Å². The number of aromatic carboxylic acids is 1. The quantitative estimate of drug-likeness (QED) is 0.828. The van der Waals surface area contributed by atoms with E-state index >= 15 is 0 Å². The van der Waals surface area contributed by atoms with Gasteiger partial charge in [0.15, 0.2) is 0 Å². The van der Waals surface area contributed by atoms with E-state index < -0.39 is 16.0 Å². The number of carbonyl (C=O) groups is 1. The van der Waals surface area contributed by atoms with Crippen molar-refractivity contribution in [1.82, 2.24) is 8.87 Å². The number of nitrogens with zero attached hydrogens (tertiary/aromatic N) is 2. The zero-order chi connectivity index (χ0) is 14.9. The molecule has 0 saturated heterocycles. The smallest absolute Gasteiger partial charge is 0.352 e. The van der Waals surface area contributed by atoms with Gasteiger partial charge in [0.2, 0.25) is 10.0 Å². The maximum absolute atomic E-state index is 12.6. The predicted molar refractivity (Wildman–Crippen MR) is 74.1 cm³/mol. The van der Waals surface area contributed by atoms with Crippen LogP contribution in [0.2, 0.25) is 0 Å². The number of rotatable bonds is 7. The fourth-order valence-electron chi connectivity index (χ4n) is 2.18. The summed E-state index contributed by atoms with van der Waals surface area (Å²) in [5.41, 5.74) is -0.0218. The number of sulfonamides is 1. The largest absolute Gasteiger partial charge is 0.477 e. The van der Waals surface area contributed by atoms with Gasteiger partial charge < -0.3 is 9.67 Å². The maximum Gasteiger partial charge on any atom is 0.352 e. The molecule has 1 heterocycles. The van der Waals surface area contributed by atoms with E-state index in [0.29, 0.717) is 19.0 Å². The Morgan fingerprint density at radius 3 is 2.60 bits per heavy atom. The van der Waals surface area contributed by atoms with Gasteiger partial charge in [-0.05, 0) is 31.2 Å². The Morgan fingerprint density at radius 2 is 2.15 bits per heavy atom. The van der Waals surface area contributed by atoms with E-state index in [-0.39, 0.29) is 10.6 Å². The third-order valence-electron chi connectivity index (χ3n) is 3.47. The topological polar surface area (TPSA) is 79.6 Å². The predicted octanol–water partition coefficient (Wildman–Crippen LogP) is 1.53. The zero-order valence-corrected chi connectivity index (χ0v) is 12.6. The van der Waals surface area contributed by atoms with Crippen molar-refractivity contribution in [3.05, 3.63) is 18.0 Å². The standard InChI is InChI=1S/C13H20N2O4S/c1-3-6-15(8-10-4-5-10)20(18,19)11-7-12(13(16)17)14(2)9-11/h7,9-10H,3-6,8H2,1-2H3,(H,16,17). The summed E-state index contributed by atoms with van der Waals surface area (Å²) in [4.78, 5) is 11.1. The molecule has 1 aromatic heterocycles. The van der Waals surface area contributed by atoms with E-state index in [2.05, 4.69) is 0 Å². The van der Waals surface area contributed by atoms with Crippen molar-refractivity contribution in [2.75, 3.05) is 13.1 Å². The third kappa shape index (κ3) is 3.04. The first kappa shape index (κ1) is 15.1. The van der Waals surface area contributed by atoms with Gasteiger partial charge >= 0.3 is 5.97 Å². The number of carboxylic acid groups (broad SMARTS) is 1. The number of hydrogen-bond acceptors (Lipinski definition) is 3. The molecule has 112 valence electrons. The Kier molecular flexibility index (Phi) is 4.19. The molecule has 7 heteroatoms. The number of hydrogen-bond donors (Lipinski definition) is 1. The minimum Gasteiger partial charge on any atom is -0.477 e. The molecule has 0 aromatic carbocycles. The lowest BCUT2D eigenvalue weighted by Gasteiger charge is -2.20. The molecule has 1 aliphatic carbocycles. The van der Waals surface area contributed by atoms with Gasteiger partial charge in [0.05, 0.1) is 0 Å². The Hall–Kier alpha value is -1.34. The van der Waals surface area contributed by atoms with Crippen molar-refractivity contribution in [2.45, 2.75) is 31.1 Å². The molecule has 1 fully saturated rings. The Bertz CT molecular complexity index is 602. The van der Waals surface area contributed by atoms with Crippen molar-refractivity contribution in [1.29, 1.82) is 0 Å². The van der Waals surface area contributed by atoms with Crippen LogP contribution in [0.4, 0.5) is 0 Å². The van der Waals surface area contributed by atoms with E-state index in [1.807, 2.05) is 6.92 Å². The van der Waals surface area contributed by atoms with Crippen molar-refractivity contribution < 1.29 is 18.3 Å². The SMILES string of the molecule is CCCN(CC1CC1)S(=O)(=O)c1cc(C(=O)O)n(C)c1. The summed E-state index contributed by atoms with van der Waals surface area (Å²) >= 11 is 0. The average molecular weight is 300 g/mol. The Balaban J connectivity index is 2.31. The second-order valence-electron chi connectivity index (χ2n) is 5.28. The molecule has 6 nitrogen and oxygen atoms in total. The van der Waals surface area contributed by atoms with E-state index in [1.54, 1.807) is 0 Å². The van der Waals surface area contributed by atoms with Crippen LogP contribution >= 0.6 is 0 Å². The van der Waals surface area contributed by atoms with E-state index in [4.69, 9.17) is 5.11 Å². The van der Waals surface area contributed by atoms with Crippen LogP contribution in [0.1, 0.15) is 36.7 Å². The molecule has 0 atom stereocenters. The molecular weight excluding hydrogens is 280 g/mol. The van der Waals surface area contributed by atoms with E-state index in [0.717, 1.165) is 19.3 Å². The number of carboxylic acids is 1. The van der Waals surface area contributed by atoms with Crippen LogP contribution in [0.25, 0.3) is 0 Å². The molecule has 2 rings (SSSR count). The van der Waals surface area contributed by atoms with Crippen LogP contribution in [0.3, 0.4) is 0 Å². The monoisotopic (exact) mass is 300 g/mol. The van der Waals surface area contributed by atoms with Crippen LogP contribution in [0, 0.1) is 5.92 Å². The summed E-state index contributed by atoms with van der Waals surface area (Å²) in [6, 6.07) is 1.23. The normalized spacial score (nSPS) is 15.8. The van der Waals surface area contributed by atoms with Gasteiger partial charge in [-0.2, -0.15) is 4.31 Å². The molecule has 1 aromatic rings. The number of aromatic nitrogens is 1. The Labute approximate surface area is 119 Å². The van der Waals surface area contributed by atoms with Gasteiger partial charge in [-0.3, -0.25) is 0 Å². The number of aryl methyl sites for hydroxylation is 1. The minimum absolute atomic E-state index is 0.0218. The molecule has 0 radical (unpaired) electrons. The third-order valence-corrected chi connectivity index (χ3v) is 5.30. The van der Waals surface area contributed by atoms with Gasteiger partial charge in [-0.1, -0.05) is 6.92 Å².